The number of anilines is 1. The normalized spacial score (nSPS) is 16.5. The van der Waals surface area contributed by atoms with Crippen LogP contribution >= 0.6 is 0 Å². The van der Waals surface area contributed by atoms with Crippen molar-refractivity contribution >= 4 is 31.6 Å². The Bertz CT molecular complexity index is 922. The third-order valence-electron chi connectivity index (χ3n) is 4.66. The van der Waals surface area contributed by atoms with Crippen LogP contribution in [0, 0.1) is 10.1 Å². The van der Waals surface area contributed by atoms with Gasteiger partial charge in [0.25, 0.3) is 15.9 Å². The Labute approximate surface area is 165 Å². The number of sulfonamides is 1. The summed E-state index contributed by atoms with van der Waals surface area (Å²) < 4.78 is 53.9. The third kappa shape index (κ3) is 4.43. The van der Waals surface area contributed by atoms with Crippen molar-refractivity contribution in [1.82, 2.24) is 13.3 Å². The number of piperazine rings is 1. The number of benzene rings is 1. The molecule has 1 aliphatic heterocycles. The summed E-state index contributed by atoms with van der Waals surface area (Å²) in [6, 6.07) is 3.70. The van der Waals surface area contributed by atoms with E-state index >= 15 is 0 Å². The highest BCUT2D eigenvalue weighted by Crippen LogP contribution is 2.31. The first-order valence-electron chi connectivity index (χ1n) is 8.80. The molecule has 1 aromatic carbocycles. The third-order valence-corrected chi connectivity index (χ3v) is 8.26. The maximum absolute atomic E-state index is 12.6. The Morgan fingerprint density at radius 1 is 1.11 bits per heavy atom. The quantitative estimate of drug-likeness (QED) is 0.456. The van der Waals surface area contributed by atoms with Crippen LogP contribution in [0.1, 0.15) is 13.8 Å². The number of nitro groups is 1. The molecule has 1 saturated heterocycles. The zero-order chi connectivity index (χ0) is 21.1. The van der Waals surface area contributed by atoms with E-state index in [1.165, 1.54) is 27.8 Å². The second kappa shape index (κ2) is 8.69. The lowest BCUT2D eigenvalue weighted by Crippen LogP contribution is -2.53. The summed E-state index contributed by atoms with van der Waals surface area (Å²) in [5.41, 5.74) is -0.0729. The second-order valence-corrected chi connectivity index (χ2v) is 9.91. The molecule has 11 nitrogen and oxygen atoms in total. The Morgan fingerprint density at radius 2 is 1.68 bits per heavy atom. The van der Waals surface area contributed by atoms with Gasteiger partial charge in [0.1, 0.15) is 5.69 Å². The fourth-order valence-corrected chi connectivity index (χ4v) is 5.43. The van der Waals surface area contributed by atoms with Gasteiger partial charge in [0.05, 0.1) is 9.82 Å². The van der Waals surface area contributed by atoms with Crippen molar-refractivity contribution < 1.29 is 21.8 Å². The van der Waals surface area contributed by atoms with Crippen molar-refractivity contribution in [1.29, 1.82) is 0 Å². The molecule has 28 heavy (non-hydrogen) atoms. The molecule has 0 aliphatic carbocycles. The van der Waals surface area contributed by atoms with Gasteiger partial charge in [-0.2, -0.15) is 17.0 Å². The van der Waals surface area contributed by atoms with Gasteiger partial charge in [-0.1, -0.05) is 13.8 Å². The van der Waals surface area contributed by atoms with E-state index in [1.54, 1.807) is 18.7 Å². The van der Waals surface area contributed by atoms with Gasteiger partial charge in [0.2, 0.25) is 10.0 Å². The minimum Gasteiger partial charge on any atom is -0.363 e. The average molecular weight is 436 g/mol. The van der Waals surface area contributed by atoms with Crippen LogP contribution < -0.4 is 9.62 Å². The first kappa shape index (κ1) is 22.5. The average Bonchev–Trinajstić information content (AvgIpc) is 2.68. The molecule has 1 N–H and O–H groups in total. The second-order valence-electron chi connectivity index (χ2n) is 6.09. The molecule has 1 fully saturated rings. The fraction of sp³-hybridized carbons (Fsp3) is 0.600. The number of nitro benzene ring substituents is 1. The molecular formula is C15H25N5O6S2. The van der Waals surface area contributed by atoms with E-state index in [1.807, 2.05) is 0 Å². The molecule has 0 spiro atoms. The molecule has 1 aliphatic rings. The monoisotopic (exact) mass is 435 g/mol. The molecule has 1 aromatic rings. The fourth-order valence-electron chi connectivity index (χ4n) is 3.07. The summed E-state index contributed by atoms with van der Waals surface area (Å²) in [5.74, 6) is 0. The summed E-state index contributed by atoms with van der Waals surface area (Å²) in [4.78, 5) is 12.3. The highest BCUT2D eigenvalue weighted by Gasteiger charge is 2.33. The van der Waals surface area contributed by atoms with Crippen LogP contribution in [0.15, 0.2) is 23.1 Å². The molecule has 0 amide bonds. The van der Waals surface area contributed by atoms with E-state index < -0.39 is 25.2 Å². The van der Waals surface area contributed by atoms with Crippen molar-refractivity contribution in [2.45, 2.75) is 18.7 Å². The molecule has 0 saturated carbocycles. The van der Waals surface area contributed by atoms with Crippen molar-refractivity contribution in [2.24, 2.45) is 0 Å². The van der Waals surface area contributed by atoms with Gasteiger partial charge < -0.3 is 4.90 Å². The highest BCUT2D eigenvalue weighted by atomic mass is 32.2. The number of nitrogens with one attached hydrogen (secondary N) is 1. The minimum absolute atomic E-state index is 0.187. The lowest BCUT2D eigenvalue weighted by Gasteiger charge is -2.37. The molecule has 0 atom stereocenters. The molecule has 0 radical (unpaired) electrons. The molecular weight excluding hydrogens is 410 g/mol. The number of hydrogen-bond donors (Lipinski definition) is 1. The first-order valence-corrected chi connectivity index (χ1v) is 11.7. The summed E-state index contributed by atoms with van der Waals surface area (Å²) in [5, 5.41) is 11.5. The summed E-state index contributed by atoms with van der Waals surface area (Å²) in [7, 11) is -6.15. The van der Waals surface area contributed by atoms with E-state index in [2.05, 4.69) is 4.72 Å². The molecule has 13 heteroatoms. The largest absolute Gasteiger partial charge is 0.363 e. The van der Waals surface area contributed by atoms with Crippen molar-refractivity contribution in [3.63, 3.8) is 0 Å². The van der Waals surface area contributed by atoms with Gasteiger partial charge in [-0.3, -0.25) is 10.1 Å². The topological polar surface area (TPSA) is 133 Å². The van der Waals surface area contributed by atoms with Crippen LogP contribution in [0.2, 0.25) is 0 Å². The molecule has 1 heterocycles. The Hall–Kier alpha value is -1.80. The first-order chi connectivity index (χ1) is 13.1. The van der Waals surface area contributed by atoms with E-state index in [0.717, 1.165) is 6.07 Å². The molecule has 158 valence electrons. The standard InChI is InChI=1S/C15H25N5O6S2/c1-4-18(5-2)28(25,26)19-10-8-17(9-11-19)14-7-6-13(27(23,24)16-3)12-15(14)20(21)22/h6-7,12,16H,4-5,8-11H2,1-3H3. The summed E-state index contributed by atoms with van der Waals surface area (Å²) in [6.07, 6.45) is 0. The van der Waals surface area contributed by atoms with Gasteiger partial charge in [-0.15, -0.1) is 0 Å². The maximum Gasteiger partial charge on any atom is 0.293 e. The van der Waals surface area contributed by atoms with Gasteiger partial charge in [-0.25, -0.2) is 13.1 Å². The minimum atomic E-state index is -3.81. The zero-order valence-electron chi connectivity index (χ0n) is 16.0. The Kier molecular flexibility index (Phi) is 6.98. The van der Waals surface area contributed by atoms with Crippen LogP contribution in [0.5, 0.6) is 0 Å². The van der Waals surface area contributed by atoms with Crippen molar-refractivity contribution in [3.05, 3.63) is 28.3 Å². The Balaban J connectivity index is 2.26. The van der Waals surface area contributed by atoms with E-state index in [0.29, 0.717) is 13.1 Å². The predicted octanol–water partition coefficient (Wildman–Crippen LogP) is 0.212. The summed E-state index contributed by atoms with van der Waals surface area (Å²) in [6.45, 7) is 5.17. The van der Waals surface area contributed by atoms with Crippen LogP contribution in [0.25, 0.3) is 0 Å². The van der Waals surface area contributed by atoms with Crippen molar-refractivity contribution in [3.8, 4) is 0 Å². The molecule has 0 bridgehead atoms. The van der Waals surface area contributed by atoms with E-state index in [9.17, 15) is 26.9 Å². The van der Waals surface area contributed by atoms with E-state index in [4.69, 9.17) is 0 Å². The van der Waals surface area contributed by atoms with Crippen LogP contribution in [-0.4, -0.2) is 76.7 Å². The summed E-state index contributed by atoms with van der Waals surface area (Å²) >= 11 is 0. The smallest absolute Gasteiger partial charge is 0.293 e. The lowest BCUT2D eigenvalue weighted by atomic mass is 10.2. The zero-order valence-corrected chi connectivity index (χ0v) is 17.7. The Morgan fingerprint density at radius 3 is 2.14 bits per heavy atom. The van der Waals surface area contributed by atoms with Crippen LogP contribution in [0.4, 0.5) is 11.4 Å². The van der Waals surface area contributed by atoms with Gasteiger partial charge in [0.15, 0.2) is 0 Å². The highest BCUT2D eigenvalue weighted by molar-refractivity contribution is 7.89. The number of rotatable bonds is 8. The molecule has 0 aromatic heterocycles. The van der Waals surface area contributed by atoms with Gasteiger partial charge in [-0.05, 0) is 19.2 Å². The number of nitrogens with zero attached hydrogens (tertiary/aromatic N) is 4. The van der Waals surface area contributed by atoms with E-state index in [-0.39, 0.29) is 42.4 Å². The van der Waals surface area contributed by atoms with Gasteiger partial charge in [0, 0.05) is 45.3 Å². The molecule has 2 rings (SSSR count). The maximum atomic E-state index is 12.6. The number of hydrogen-bond acceptors (Lipinski definition) is 7. The lowest BCUT2D eigenvalue weighted by molar-refractivity contribution is -0.384. The van der Waals surface area contributed by atoms with Crippen LogP contribution in [-0.2, 0) is 20.2 Å². The predicted molar refractivity (Wildman–Crippen MR) is 105 cm³/mol. The van der Waals surface area contributed by atoms with Gasteiger partial charge >= 0.3 is 0 Å². The SMILES string of the molecule is CCN(CC)S(=O)(=O)N1CCN(c2ccc(S(=O)(=O)NC)cc2[N+](=O)[O-])CC1. The molecule has 0 unspecified atom stereocenters. The van der Waals surface area contributed by atoms with Crippen LogP contribution in [0.3, 0.4) is 0 Å². The van der Waals surface area contributed by atoms with Crippen molar-refractivity contribution in [2.75, 3.05) is 51.2 Å².